The van der Waals surface area contributed by atoms with E-state index in [2.05, 4.69) is 0 Å². The fraction of sp³-hybridized carbons (Fsp3) is 0.625. The van der Waals surface area contributed by atoms with Gasteiger partial charge in [0.25, 0.3) is 0 Å². The van der Waals surface area contributed by atoms with Crippen LogP contribution in [0.4, 0.5) is 13.2 Å². The summed E-state index contributed by atoms with van der Waals surface area (Å²) in [6.45, 7) is 3.55. The zero-order chi connectivity index (χ0) is 17.0. The van der Waals surface area contributed by atoms with Crippen molar-refractivity contribution in [3.8, 4) is 5.75 Å². The summed E-state index contributed by atoms with van der Waals surface area (Å²) in [6, 6.07) is 4.61. The molecule has 2 rings (SSSR count). The van der Waals surface area contributed by atoms with Gasteiger partial charge < -0.3 is 19.8 Å². The largest absolute Gasteiger partial charge is 0.491 e. The number of halogens is 3. The highest BCUT2D eigenvalue weighted by Gasteiger charge is 2.31. The van der Waals surface area contributed by atoms with Crippen molar-refractivity contribution in [2.45, 2.75) is 31.7 Å². The lowest BCUT2D eigenvalue weighted by molar-refractivity contribution is -0.137. The number of ether oxygens (including phenoxy) is 1. The third-order valence-electron chi connectivity index (χ3n) is 4.06. The molecule has 0 amide bonds. The molecule has 1 saturated heterocycles. The van der Waals surface area contributed by atoms with Crippen molar-refractivity contribution in [3.05, 3.63) is 29.8 Å². The van der Waals surface area contributed by atoms with Gasteiger partial charge in [0.15, 0.2) is 0 Å². The first kappa shape index (κ1) is 18.0. The molecule has 3 atom stereocenters. The molecule has 0 spiro atoms. The summed E-state index contributed by atoms with van der Waals surface area (Å²) in [4.78, 5) is 2.03. The molecule has 1 aromatic rings. The molecular formula is C16H22F3NO3. The van der Waals surface area contributed by atoms with Gasteiger partial charge in [-0.05, 0) is 44.0 Å². The zero-order valence-electron chi connectivity index (χ0n) is 13.0. The van der Waals surface area contributed by atoms with Crippen LogP contribution < -0.4 is 4.74 Å². The van der Waals surface area contributed by atoms with E-state index in [-0.39, 0.29) is 24.4 Å². The Morgan fingerprint density at radius 2 is 2.09 bits per heavy atom. The van der Waals surface area contributed by atoms with Crippen molar-refractivity contribution >= 4 is 0 Å². The summed E-state index contributed by atoms with van der Waals surface area (Å²) in [5, 5.41) is 19.5. The van der Waals surface area contributed by atoms with Crippen molar-refractivity contribution in [1.29, 1.82) is 0 Å². The lowest BCUT2D eigenvalue weighted by Crippen LogP contribution is -2.35. The number of aliphatic hydroxyl groups excluding tert-OH is 2. The molecule has 1 aliphatic rings. The van der Waals surface area contributed by atoms with Crippen LogP contribution in [0.3, 0.4) is 0 Å². The van der Waals surface area contributed by atoms with Crippen molar-refractivity contribution in [3.63, 3.8) is 0 Å². The Bertz CT molecular complexity index is 508. The van der Waals surface area contributed by atoms with Crippen LogP contribution in [0.25, 0.3) is 0 Å². The zero-order valence-corrected chi connectivity index (χ0v) is 13.0. The predicted molar refractivity (Wildman–Crippen MR) is 79.2 cm³/mol. The Morgan fingerprint density at radius 3 is 2.70 bits per heavy atom. The quantitative estimate of drug-likeness (QED) is 0.838. The van der Waals surface area contributed by atoms with Gasteiger partial charge >= 0.3 is 6.18 Å². The normalized spacial score (nSPS) is 22.1. The van der Waals surface area contributed by atoms with Gasteiger partial charge in [0, 0.05) is 13.1 Å². The van der Waals surface area contributed by atoms with Crippen LogP contribution in [0.2, 0.25) is 0 Å². The molecule has 0 radical (unpaired) electrons. The maximum atomic E-state index is 12.6. The van der Waals surface area contributed by atoms with E-state index in [1.165, 1.54) is 12.1 Å². The first-order valence-corrected chi connectivity index (χ1v) is 7.64. The second kappa shape index (κ2) is 7.51. The number of β-amino-alcohol motifs (C(OH)–C–C–N with tert-alkyl or cyclic N) is 1. The van der Waals surface area contributed by atoms with Crippen molar-refractivity contribution in [1.82, 2.24) is 4.90 Å². The molecule has 0 saturated carbocycles. The Hall–Kier alpha value is -1.31. The van der Waals surface area contributed by atoms with E-state index < -0.39 is 17.8 Å². The predicted octanol–water partition coefficient (Wildman–Crippen LogP) is 2.15. The molecule has 0 aliphatic carbocycles. The molecule has 4 nitrogen and oxygen atoms in total. The number of likely N-dealkylation sites (tertiary alicyclic amines) is 1. The van der Waals surface area contributed by atoms with E-state index in [0.29, 0.717) is 13.1 Å². The summed E-state index contributed by atoms with van der Waals surface area (Å²) in [5.74, 6) is 0.286. The Balaban J connectivity index is 1.80. The molecule has 1 fully saturated rings. The van der Waals surface area contributed by atoms with Crippen molar-refractivity contribution in [2.24, 2.45) is 5.92 Å². The minimum atomic E-state index is -4.41. The van der Waals surface area contributed by atoms with E-state index >= 15 is 0 Å². The van der Waals surface area contributed by atoms with Crippen LogP contribution in [0.15, 0.2) is 24.3 Å². The molecule has 2 N–H and O–H groups in total. The number of hydrogen-bond acceptors (Lipinski definition) is 4. The minimum absolute atomic E-state index is 0.0723. The lowest BCUT2D eigenvalue weighted by Gasteiger charge is -2.21. The van der Waals surface area contributed by atoms with Gasteiger partial charge in [-0.3, -0.25) is 0 Å². The van der Waals surface area contributed by atoms with Crippen LogP contribution in [0.5, 0.6) is 5.75 Å². The van der Waals surface area contributed by atoms with Crippen LogP contribution >= 0.6 is 0 Å². The van der Waals surface area contributed by atoms with Crippen LogP contribution in [-0.4, -0.2) is 53.6 Å². The number of nitrogens with zero attached hydrogens (tertiary/aromatic N) is 1. The van der Waals surface area contributed by atoms with Gasteiger partial charge in [-0.2, -0.15) is 13.2 Å². The second-order valence-electron chi connectivity index (χ2n) is 6.04. The summed E-state index contributed by atoms with van der Waals surface area (Å²) in [5.41, 5.74) is -0.774. The van der Waals surface area contributed by atoms with Gasteiger partial charge in [-0.25, -0.2) is 0 Å². The average Bonchev–Trinajstić information content (AvgIpc) is 2.93. The Labute approximate surface area is 133 Å². The molecule has 7 heteroatoms. The molecule has 23 heavy (non-hydrogen) atoms. The molecule has 130 valence electrons. The second-order valence-corrected chi connectivity index (χ2v) is 6.04. The lowest BCUT2D eigenvalue weighted by atomic mass is 10.0. The number of benzene rings is 1. The first-order chi connectivity index (χ1) is 10.8. The van der Waals surface area contributed by atoms with E-state index in [0.717, 1.165) is 25.1 Å². The maximum Gasteiger partial charge on any atom is 0.416 e. The molecule has 1 aliphatic heterocycles. The summed E-state index contributed by atoms with van der Waals surface area (Å²) < 4.78 is 43.1. The topological polar surface area (TPSA) is 52.9 Å². The molecule has 0 bridgehead atoms. The van der Waals surface area contributed by atoms with Crippen LogP contribution in [-0.2, 0) is 6.18 Å². The minimum Gasteiger partial charge on any atom is -0.491 e. The van der Waals surface area contributed by atoms with Gasteiger partial charge in [0.05, 0.1) is 11.7 Å². The van der Waals surface area contributed by atoms with E-state index in [1.54, 1.807) is 6.92 Å². The van der Waals surface area contributed by atoms with Gasteiger partial charge in [-0.15, -0.1) is 0 Å². The Kier molecular flexibility index (Phi) is 5.89. The smallest absolute Gasteiger partial charge is 0.416 e. The molecular weight excluding hydrogens is 311 g/mol. The first-order valence-electron chi connectivity index (χ1n) is 7.64. The average molecular weight is 333 g/mol. The fourth-order valence-corrected chi connectivity index (χ4v) is 2.73. The summed E-state index contributed by atoms with van der Waals surface area (Å²) in [7, 11) is 0. The fourth-order valence-electron chi connectivity index (χ4n) is 2.73. The number of hydrogen-bond donors (Lipinski definition) is 2. The number of rotatable bonds is 6. The van der Waals surface area contributed by atoms with Gasteiger partial charge in [-0.1, -0.05) is 6.07 Å². The molecule has 1 heterocycles. The SMILES string of the molecule is CC(O)C1CCN(CC(O)COc2cccc(C(F)(F)F)c2)C1. The van der Waals surface area contributed by atoms with Crippen LogP contribution in [0.1, 0.15) is 18.9 Å². The van der Waals surface area contributed by atoms with Gasteiger partial charge in [0.1, 0.15) is 18.5 Å². The third kappa shape index (κ3) is 5.37. The van der Waals surface area contributed by atoms with E-state index in [1.807, 2.05) is 4.90 Å². The maximum absolute atomic E-state index is 12.6. The molecule has 3 unspecified atom stereocenters. The highest BCUT2D eigenvalue weighted by atomic mass is 19.4. The van der Waals surface area contributed by atoms with E-state index in [9.17, 15) is 23.4 Å². The summed E-state index contributed by atoms with van der Waals surface area (Å²) in [6.07, 6.45) is -4.71. The van der Waals surface area contributed by atoms with E-state index in [4.69, 9.17) is 4.74 Å². The van der Waals surface area contributed by atoms with Gasteiger partial charge in [0.2, 0.25) is 0 Å². The summed E-state index contributed by atoms with van der Waals surface area (Å²) >= 11 is 0. The number of alkyl halides is 3. The third-order valence-corrected chi connectivity index (χ3v) is 4.06. The van der Waals surface area contributed by atoms with Crippen molar-refractivity contribution < 1.29 is 28.1 Å². The number of aliphatic hydroxyl groups is 2. The molecule has 0 aromatic heterocycles. The highest BCUT2D eigenvalue weighted by Crippen LogP contribution is 2.31. The van der Waals surface area contributed by atoms with Crippen molar-refractivity contribution in [2.75, 3.05) is 26.2 Å². The molecule has 1 aromatic carbocycles. The standard InChI is InChI=1S/C16H22F3NO3/c1-11(21)12-5-6-20(8-12)9-14(22)10-23-15-4-2-3-13(7-15)16(17,18)19/h2-4,7,11-12,14,21-22H,5-6,8-10H2,1H3. The monoisotopic (exact) mass is 333 g/mol. The Morgan fingerprint density at radius 1 is 1.35 bits per heavy atom. The van der Waals surface area contributed by atoms with Crippen LogP contribution in [0, 0.1) is 5.92 Å². The highest BCUT2D eigenvalue weighted by molar-refractivity contribution is 5.30.